The van der Waals surface area contributed by atoms with Crippen LogP contribution in [0.2, 0.25) is 0 Å². The summed E-state index contributed by atoms with van der Waals surface area (Å²) in [6.45, 7) is 0.135. The maximum absolute atomic E-state index is 12.7. The van der Waals surface area contributed by atoms with Gasteiger partial charge in [-0.15, -0.1) is 0 Å². The highest BCUT2D eigenvalue weighted by Gasteiger charge is 2.31. The minimum absolute atomic E-state index is 0.0936. The monoisotopic (exact) mass is 312 g/mol. The summed E-state index contributed by atoms with van der Waals surface area (Å²) in [5.74, 6) is 0.158. The highest BCUT2D eigenvalue weighted by Crippen LogP contribution is 2.46. The number of methoxy groups -OCH3 is 2. The number of phenols is 1. The van der Waals surface area contributed by atoms with Crippen LogP contribution in [0.15, 0.2) is 42.0 Å². The first-order valence-corrected chi connectivity index (χ1v) is 7.06. The molecular weight excluding hydrogens is 296 g/mol. The van der Waals surface area contributed by atoms with E-state index in [1.54, 1.807) is 12.1 Å². The van der Waals surface area contributed by atoms with Crippen LogP contribution in [0.25, 0.3) is 6.08 Å². The van der Waals surface area contributed by atoms with Gasteiger partial charge < -0.3 is 19.3 Å². The molecule has 0 atom stereocenters. The van der Waals surface area contributed by atoms with Gasteiger partial charge in [0, 0.05) is 11.6 Å². The molecule has 0 unspecified atom stereocenters. The van der Waals surface area contributed by atoms with E-state index in [2.05, 4.69) is 0 Å². The highest BCUT2D eigenvalue weighted by molar-refractivity contribution is 6.16. The minimum atomic E-state index is -0.284. The lowest BCUT2D eigenvalue weighted by molar-refractivity contribution is 0.0996. The molecule has 0 saturated carbocycles. The summed E-state index contributed by atoms with van der Waals surface area (Å²) in [6.07, 6.45) is 1.75. The zero-order valence-corrected chi connectivity index (χ0v) is 12.8. The van der Waals surface area contributed by atoms with Crippen molar-refractivity contribution in [1.29, 1.82) is 0 Å². The summed E-state index contributed by atoms with van der Waals surface area (Å²) in [4.78, 5) is 12.7. The fourth-order valence-corrected chi connectivity index (χ4v) is 2.53. The Bertz CT molecular complexity index is 778. The lowest BCUT2D eigenvalue weighted by Gasteiger charge is -2.22. The normalized spacial score (nSPS) is 15.0. The van der Waals surface area contributed by atoms with Crippen molar-refractivity contribution >= 4 is 11.9 Å². The van der Waals surface area contributed by atoms with Crippen LogP contribution in [0, 0.1) is 0 Å². The van der Waals surface area contributed by atoms with Gasteiger partial charge in [-0.1, -0.05) is 30.3 Å². The quantitative estimate of drug-likeness (QED) is 0.882. The second-order valence-corrected chi connectivity index (χ2v) is 5.03. The van der Waals surface area contributed by atoms with E-state index in [-0.39, 0.29) is 35.2 Å². The molecule has 23 heavy (non-hydrogen) atoms. The fourth-order valence-electron chi connectivity index (χ4n) is 2.53. The molecule has 0 saturated heterocycles. The third-order valence-corrected chi connectivity index (χ3v) is 3.65. The van der Waals surface area contributed by atoms with Gasteiger partial charge in [0.25, 0.3) is 0 Å². The predicted octanol–water partition coefficient (Wildman–Crippen LogP) is 3.07. The number of ether oxygens (including phenoxy) is 3. The predicted molar refractivity (Wildman–Crippen MR) is 85.5 cm³/mol. The minimum Gasteiger partial charge on any atom is -0.504 e. The molecule has 5 nitrogen and oxygen atoms in total. The van der Waals surface area contributed by atoms with Crippen molar-refractivity contribution < 1.29 is 24.1 Å². The van der Waals surface area contributed by atoms with E-state index in [1.807, 2.05) is 30.3 Å². The van der Waals surface area contributed by atoms with Gasteiger partial charge in [0.05, 0.1) is 14.2 Å². The summed E-state index contributed by atoms with van der Waals surface area (Å²) in [7, 11) is 2.86. The molecule has 2 aromatic rings. The number of carbonyl (C=O) groups excluding carboxylic acids is 1. The Kier molecular flexibility index (Phi) is 3.93. The van der Waals surface area contributed by atoms with Crippen LogP contribution in [0.1, 0.15) is 15.9 Å². The molecule has 1 N–H and O–H groups in total. The van der Waals surface area contributed by atoms with Crippen molar-refractivity contribution in [3.8, 4) is 23.0 Å². The van der Waals surface area contributed by atoms with E-state index in [1.165, 1.54) is 14.2 Å². The van der Waals surface area contributed by atoms with Gasteiger partial charge in [0.15, 0.2) is 17.3 Å². The van der Waals surface area contributed by atoms with Gasteiger partial charge in [-0.05, 0) is 11.6 Å². The van der Waals surface area contributed by atoms with Crippen LogP contribution >= 0.6 is 0 Å². The number of hydrogen-bond donors (Lipinski definition) is 1. The molecule has 1 aliphatic rings. The number of phenolic OH excluding ortho intramolecular Hbond substituents is 1. The zero-order chi connectivity index (χ0) is 16.4. The van der Waals surface area contributed by atoms with Crippen molar-refractivity contribution in [2.24, 2.45) is 0 Å². The molecule has 3 rings (SSSR count). The first kappa shape index (κ1) is 15.0. The second kappa shape index (κ2) is 6.04. The number of benzene rings is 2. The van der Waals surface area contributed by atoms with Gasteiger partial charge in [0.2, 0.25) is 5.75 Å². The molecule has 0 bridgehead atoms. The molecule has 0 fully saturated rings. The molecule has 0 spiro atoms. The van der Waals surface area contributed by atoms with Crippen LogP contribution in [0.5, 0.6) is 23.0 Å². The highest BCUT2D eigenvalue weighted by atomic mass is 16.5. The summed E-state index contributed by atoms with van der Waals surface area (Å²) in [6, 6.07) is 11.0. The first-order chi connectivity index (χ1) is 11.2. The van der Waals surface area contributed by atoms with Crippen LogP contribution in [0.4, 0.5) is 0 Å². The molecule has 0 aliphatic carbocycles. The maximum Gasteiger partial charge on any atom is 0.204 e. The van der Waals surface area contributed by atoms with Crippen molar-refractivity contribution in [3.63, 3.8) is 0 Å². The van der Waals surface area contributed by atoms with Gasteiger partial charge in [-0.2, -0.15) is 0 Å². The summed E-state index contributed by atoms with van der Waals surface area (Å²) < 4.78 is 15.9. The first-order valence-electron chi connectivity index (χ1n) is 7.06. The average molecular weight is 312 g/mol. The van der Waals surface area contributed by atoms with E-state index in [0.717, 1.165) is 5.56 Å². The number of fused-ring (bicyclic) bond motifs is 1. The molecule has 5 heteroatoms. The van der Waals surface area contributed by atoms with E-state index in [4.69, 9.17) is 14.2 Å². The van der Waals surface area contributed by atoms with E-state index in [0.29, 0.717) is 11.3 Å². The number of Topliss-reactive ketones (excluding diaryl/α,β-unsaturated/α-hetero) is 1. The summed E-state index contributed by atoms with van der Waals surface area (Å²) in [5, 5.41) is 10.4. The lowest BCUT2D eigenvalue weighted by Crippen LogP contribution is -2.19. The Morgan fingerprint density at radius 3 is 2.57 bits per heavy atom. The Morgan fingerprint density at radius 2 is 1.91 bits per heavy atom. The third kappa shape index (κ3) is 2.61. The van der Waals surface area contributed by atoms with Crippen LogP contribution in [0.3, 0.4) is 0 Å². The molecule has 1 heterocycles. The van der Waals surface area contributed by atoms with Crippen LogP contribution in [-0.4, -0.2) is 31.7 Å². The molecule has 1 aliphatic heterocycles. The molecular formula is C18H16O5. The second-order valence-electron chi connectivity index (χ2n) is 5.03. The molecule has 0 aromatic heterocycles. The van der Waals surface area contributed by atoms with Crippen LogP contribution < -0.4 is 14.2 Å². The summed E-state index contributed by atoms with van der Waals surface area (Å²) >= 11 is 0. The van der Waals surface area contributed by atoms with Crippen molar-refractivity contribution in [3.05, 3.63) is 53.1 Å². The molecule has 0 amide bonds. The zero-order valence-electron chi connectivity index (χ0n) is 12.8. The van der Waals surface area contributed by atoms with Gasteiger partial charge >= 0.3 is 0 Å². The number of rotatable bonds is 3. The summed E-state index contributed by atoms with van der Waals surface area (Å²) in [5.41, 5.74) is 1.45. The fraction of sp³-hybridized carbons (Fsp3) is 0.167. The van der Waals surface area contributed by atoms with Gasteiger partial charge in [0.1, 0.15) is 17.9 Å². The van der Waals surface area contributed by atoms with Gasteiger partial charge in [-0.25, -0.2) is 0 Å². The number of hydrogen-bond acceptors (Lipinski definition) is 5. The number of carbonyl (C=O) groups is 1. The Hall–Kier alpha value is -2.95. The molecule has 0 radical (unpaired) electrons. The van der Waals surface area contributed by atoms with E-state index in [9.17, 15) is 9.90 Å². The van der Waals surface area contributed by atoms with Crippen molar-refractivity contribution in [2.75, 3.05) is 20.8 Å². The van der Waals surface area contributed by atoms with E-state index >= 15 is 0 Å². The Balaban J connectivity index is 2.08. The molecule has 118 valence electrons. The van der Waals surface area contributed by atoms with Crippen molar-refractivity contribution in [2.45, 2.75) is 0 Å². The molecule has 2 aromatic carbocycles. The Labute approximate surface area is 133 Å². The Morgan fingerprint density at radius 1 is 1.17 bits per heavy atom. The largest absolute Gasteiger partial charge is 0.504 e. The number of aromatic hydroxyl groups is 1. The maximum atomic E-state index is 12.7. The SMILES string of the molecule is COc1cc2c(c(O)c1OC)C(=O)/C(=C/c1ccccc1)CO2. The third-order valence-electron chi connectivity index (χ3n) is 3.65. The smallest absolute Gasteiger partial charge is 0.204 e. The average Bonchev–Trinajstić information content (AvgIpc) is 2.57. The van der Waals surface area contributed by atoms with Crippen LogP contribution in [-0.2, 0) is 0 Å². The van der Waals surface area contributed by atoms with Crippen molar-refractivity contribution in [1.82, 2.24) is 0 Å². The van der Waals surface area contributed by atoms with Gasteiger partial charge in [-0.3, -0.25) is 4.79 Å². The lowest BCUT2D eigenvalue weighted by atomic mass is 9.97. The standard InChI is InChI=1S/C18H16O5/c1-21-14-9-13-15(17(20)18(14)22-2)16(19)12(10-23-13)8-11-6-4-3-5-7-11/h3-9,20H,10H2,1-2H3/b12-8+. The topological polar surface area (TPSA) is 65.0 Å². The van der Waals surface area contributed by atoms with E-state index < -0.39 is 0 Å². The number of ketones is 1.